The first-order chi connectivity index (χ1) is 12.7. The van der Waals surface area contributed by atoms with Crippen molar-refractivity contribution < 1.29 is 14.1 Å². The molecule has 3 heterocycles. The fraction of sp³-hybridized carbons (Fsp3) is 0.722. The Hall–Kier alpha value is -0.825. The average molecular weight is 412 g/mol. The summed E-state index contributed by atoms with van der Waals surface area (Å²) in [7, 11) is -0.442. The largest absolute Gasteiger partial charge is 0.498 e. The summed E-state index contributed by atoms with van der Waals surface area (Å²) in [6, 6.07) is 0. The van der Waals surface area contributed by atoms with Gasteiger partial charge in [0.15, 0.2) is 5.16 Å². The summed E-state index contributed by atoms with van der Waals surface area (Å²) in [4.78, 5) is 22.6. The van der Waals surface area contributed by atoms with Gasteiger partial charge in [-0.1, -0.05) is 11.8 Å². The van der Waals surface area contributed by atoms with E-state index < -0.39 is 7.12 Å². The van der Waals surface area contributed by atoms with Gasteiger partial charge in [0.05, 0.1) is 11.2 Å². The zero-order chi connectivity index (χ0) is 19.7. The van der Waals surface area contributed by atoms with Crippen molar-refractivity contribution in [2.45, 2.75) is 56.9 Å². The first kappa shape index (κ1) is 20.9. The zero-order valence-corrected chi connectivity index (χ0v) is 18.0. The number of alkyl halides is 1. The summed E-state index contributed by atoms with van der Waals surface area (Å²) in [5, 5.41) is 0.732. The van der Waals surface area contributed by atoms with Gasteiger partial charge >= 0.3 is 7.12 Å². The van der Waals surface area contributed by atoms with Crippen molar-refractivity contribution in [2.75, 3.05) is 24.7 Å². The molecule has 0 aromatic carbocycles. The summed E-state index contributed by atoms with van der Waals surface area (Å²) in [6.45, 7) is 9.69. The van der Waals surface area contributed by atoms with E-state index in [1.165, 1.54) is 0 Å². The van der Waals surface area contributed by atoms with Crippen molar-refractivity contribution in [2.24, 2.45) is 5.92 Å². The molecular formula is C18H27BClN3O3S. The second-order valence-corrected chi connectivity index (χ2v) is 9.43. The highest BCUT2D eigenvalue weighted by Crippen LogP contribution is 2.36. The van der Waals surface area contributed by atoms with E-state index in [-0.39, 0.29) is 23.0 Å². The second kappa shape index (κ2) is 8.27. The van der Waals surface area contributed by atoms with Gasteiger partial charge in [0, 0.05) is 36.7 Å². The number of aromatic nitrogens is 2. The van der Waals surface area contributed by atoms with Crippen molar-refractivity contribution in [1.82, 2.24) is 14.9 Å². The van der Waals surface area contributed by atoms with Crippen molar-refractivity contribution in [1.29, 1.82) is 0 Å². The number of nitrogens with zero attached hydrogens (tertiary/aromatic N) is 3. The Morgan fingerprint density at radius 3 is 2.52 bits per heavy atom. The van der Waals surface area contributed by atoms with Gasteiger partial charge in [-0.15, -0.1) is 11.6 Å². The Morgan fingerprint density at radius 2 is 1.93 bits per heavy atom. The monoisotopic (exact) mass is 411 g/mol. The molecule has 1 aromatic heterocycles. The lowest BCUT2D eigenvalue weighted by Gasteiger charge is -2.32. The van der Waals surface area contributed by atoms with E-state index in [9.17, 15) is 4.79 Å². The molecule has 27 heavy (non-hydrogen) atoms. The highest BCUT2D eigenvalue weighted by atomic mass is 35.5. The molecule has 9 heteroatoms. The number of hydrogen-bond donors (Lipinski definition) is 0. The average Bonchev–Trinajstić information content (AvgIpc) is 2.87. The molecule has 1 aromatic rings. The number of piperidine rings is 1. The fourth-order valence-electron chi connectivity index (χ4n) is 3.21. The van der Waals surface area contributed by atoms with Crippen molar-refractivity contribution in [3.8, 4) is 0 Å². The molecule has 0 radical (unpaired) electrons. The van der Waals surface area contributed by atoms with Crippen LogP contribution in [-0.4, -0.2) is 63.8 Å². The molecule has 0 bridgehead atoms. The smallest absolute Gasteiger partial charge is 0.399 e. The molecule has 0 unspecified atom stereocenters. The van der Waals surface area contributed by atoms with Crippen LogP contribution in [0.5, 0.6) is 0 Å². The van der Waals surface area contributed by atoms with E-state index in [1.54, 1.807) is 24.2 Å². The standard InChI is InChI=1S/C18H27BClN3O3S/c1-17(2)18(3,4)26-19(25-17)14-9-21-16(22-10-14)27-12-13-6-5-7-23(11-13)15(24)8-20/h9-10,13H,5-8,11-12H2,1-4H3/t13-/m1/s1. The highest BCUT2D eigenvalue weighted by Gasteiger charge is 2.51. The maximum atomic E-state index is 11.8. The molecule has 2 fully saturated rings. The zero-order valence-electron chi connectivity index (χ0n) is 16.4. The lowest BCUT2D eigenvalue weighted by atomic mass is 9.81. The number of rotatable bonds is 5. The first-order valence-electron chi connectivity index (χ1n) is 9.36. The van der Waals surface area contributed by atoms with Gasteiger partial charge in [0.1, 0.15) is 5.88 Å². The molecule has 1 atom stereocenters. The minimum atomic E-state index is -0.442. The highest BCUT2D eigenvalue weighted by molar-refractivity contribution is 7.99. The van der Waals surface area contributed by atoms with Crippen LogP contribution in [0, 0.1) is 5.92 Å². The van der Waals surface area contributed by atoms with E-state index in [4.69, 9.17) is 20.9 Å². The van der Waals surface area contributed by atoms with Gasteiger partial charge in [0.2, 0.25) is 5.91 Å². The third kappa shape index (κ3) is 4.78. The van der Waals surface area contributed by atoms with Crippen LogP contribution in [0.3, 0.4) is 0 Å². The Morgan fingerprint density at radius 1 is 1.30 bits per heavy atom. The second-order valence-electron chi connectivity index (χ2n) is 8.18. The van der Waals surface area contributed by atoms with E-state index >= 15 is 0 Å². The summed E-state index contributed by atoms with van der Waals surface area (Å²) in [5.41, 5.74) is 0.0751. The lowest BCUT2D eigenvalue weighted by Crippen LogP contribution is -2.41. The van der Waals surface area contributed by atoms with E-state index in [0.29, 0.717) is 5.92 Å². The van der Waals surface area contributed by atoms with Crippen LogP contribution in [0.15, 0.2) is 17.6 Å². The quantitative estimate of drug-likeness (QED) is 0.321. The molecule has 2 saturated heterocycles. The molecule has 1 amide bonds. The lowest BCUT2D eigenvalue weighted by molar-refractivity contribution is -0.130. The van der Waals surface area contributed by atoms with Crippen molar-refractivity contribution in [3.63, 3.8) is 0 Å². The van der Waals surface area contributed by atoms with Crippen LogP contribution < -0.4 is 5.46 Å². The minimum absolute atomic E-state index is 0.0226. The summed E-state index contributed by atoms with van der Waals surface area (Å²) in [6.07, 6.45) is 5.70. The van der Waals surface area contributed by atoms with Crippen molar-refractivity contribution in [3.05, 3.63) is 12.4 Å². The topological polar surface area (TPSA) is 64.5 Å². The Labute approximate surface area is 170 Å². The molecule has 0 saturated carbocycles. The van der Waals surface area contributed by atoms with Crippen LogP contribution in [-0.2, 0) is 14.1 Å². The summed E-state index contributed by atoms with van der Waals surface area (Å²) in [5.74, 6) is 1.42. The number of halogens is 1. The Balaban J connectivity index is 1.53. The van der Waals surface area contributed by atoms with Crippen LogP contribution in [0.25, 0.3) is 0 Å². The molecule has 0 N–H and O–H groups in total. The summed E-state index contributed by atoms with van der Waals surface area (Å²) < 4.78 is 12.1. The fourth-order valence-corrected chi connectivity index (χ4v) is 4.29. The molecular weight excluding hydrogens is 385 g/mol. The van der Waals surface area contributed by atoms with Gasteiger partial charge < -0.3 is 14.2 Å². The number of carbonyl (C=O) groups is 1. The normalized spacial score (nSPS) is 24.3. The Bertz CT molecular complexity index is 658. The number of carbonyl (C=O) groups excluding carboxylic acids is 1. The number of thioether (sulfide) groups is 1. The van der Waals surface area contributed by atoms with Crippen LogP contribution >= 0.6 is 23.4 Å². The van der Waals surface area contributed by atoms with Crippen LogP contribution in [0.1, 0.15) is 40.5 Å². The van der Waals surface area contributed by atoms with Crippen LogP contribution in [0.4, 0.5) is 0 Å². The summed E-state index contributed by atoms with van der Waals surface area (Å²) >= 11 is 7.30. The molecule has 3 rings (SSSR count). The van der Waals surface area contributed by atoms with Gasteiger partial charge in [-0.3, -0.25) is 4.79 Å². The van der Waals surface area contributed by atoms with Gasteiger partial charge in [-0.25, -0.2) is 9.97 Å². The number of hydrogen-bond acceptors (Lipinski definition) is 6. The molecule has 2 aliphatic heterocycles. The molecule has 0 spiro atoms. The van der Waals surface area contributed by atoms with E-state index in [2.05, 4.69) is 9.97 Å². The maximum absolute atomic E-state index is 11.8. The van der Waals surface area contributed by atoms with E-state index in [1.807, 2.05) is 32.6 Å². The van der Waals surface area contributed by atoms with Gasteiger partial charge in [-0.2, -0.15) is 0 Å². The van der Waals surface area contributed by atoms with E-state index in [0.717, 1.165) is 42.3 Å². The predicted octanol–water partition coefficient (Wildman–Crippen LogP) is 2.35. The Kier molecular flexibility index (Phi) is 6.40. The third-order valence-corrected chi connectivity index (χ3v) is 6.94. The van der Waals surface area contributed by atoms with Gasteiger partial charge in [-0.05, 0) is 46.5 Å². The minimum Gasteiger partial charge on any atom is -0.399 e. The molecule has 2 aliphatic rings. The molecule has 148 valence electrons. The third-order valence-electron chi connectivity index (χ3n) is 5.61. The van der Waals surface area contributed by atoms with Crippen molar-refractivity contribution >= 4 is 41.9 Å². The van der Waals surface area contributed by atoms with Gasteiger partial charge in [0.25, 0.3) is 0 Å². The molecule has 0 aliphatic carbocycles. The predicted molar refractivity (Wildman–Crippen MR) is 108 cm³/mol. The SMILES string of the molecule is CC1(C)OB(c2cnc(SC[C@@H]3CCCN(C(=O)CCl)C3)nc2)OC1(C)C. The number of amides is 1. The maximum Gasteiger partial charge on any atom is 0.498 e. The molecule has 6 nitrogen and oxygen atoms in total. The number of likely N-dealkylation sites (tertiary alicyclic amines) is 1. The first-order valence-corrected chi connectivity index (χ1v) is 10.9. The van der Waals surface area contributed by atoms with Crippen LogP contribution in [0.2, 0.25) is 0 Å².